The Morgan fingerprint density at radius 1 is 0.838 bits per heavy atom. The summed E-state index contributed by atoms with van der Waals surface area (Å²) in [6, 6.07) is 26.0. The molecule has 0 saturated carbocycles. The fraction of sp³-hybridized carbons (Fsp3) is 0.143. The molecule has 2 heterocycles. The zero-order valence-electron chi connectivity index (χ0n) is 20.2. The van der Waals surface area contributed by atoms with Crippen molar-refractivity contribution in [2.75, 3.05) is 12.4 Å². The minimum absolute atomic E-state index is 0.201. The van der Waals surface area contributed by atoms with Crippen molar-refractivity contribution >= 4 is 22.8 Å². The van der Waals surface area contributed by atoms with Crippen LogP contribution in [0.4, 0.5) is 5.69 Å². The van der Waals surface area contributed by atoms with Gasteiger partial charge in [0.15, 0.2) is 11.2 Å². The maximum absolute atomic E-state index is 13.6. The normalized spacial score (nSPS) is 10.9. The van der Waals surface area contributed by atoms with Crippen LogP contribution in [0.3, 0.4) is 0 Å². The van der Waals surface area contributed by atoms with Gasteiger partial charge in [0, 0.05) is 6.54 Å². The highest BCUT2D eigenvalue weighted by Crippen LogP contribution is 2.22. The van der Waals surface area contributed by atoms with Gasteiger partial charge in [0.1, 0.15) is 12.3 Å². The number of aromatic nitrogens is 4. The Morgan fingerprint density at radius 2 is 1.46 bits per heavy atom. The van der Waals surface area contributed by atoms with E-state index in [2.05, 4.69) is 10.3 Å². The smallest absolute Gasteiger partial charge is 0.333 e. The van der Waals surface area contributed by atoms with Crippen LogP contribution < -0.4 is 21.3 Å². The van der Waals surface area contributed by atoms with Gasteiger partial charge >= 0.3 is 5.69 Å². The van der Waals surface area contributed by atoms with E-state index in [1.54, 1.807) is 35.2 Å². The molecule has 0 fully saturated rings. The predicted molar refractivity (Wildman–Crippen MR) is 141 cm³/mol. The lowest BCUT2D eigenvalue weighted by Gasteiger charge is -2.14. The highest BCUT2D eigenvalue weighted by atomic mass is 16.5. The van der Waals surface area contributed by atoms with Gasteiger partial charge in [0.2, 0.25) is 5.91 Å². The lowest BCUT2D eigenvalue weighted by molar-refractivity contribution is -0.116. The van der Waals surface area contributed by atoms with Crippen LogP contribution in [0.15, 0.2) is 101 Å². The molecular formula is C28H25N5O4. The number of nitrogens with zero attached hydrogens (tertiary/aromatic N) is 4. The summed E-state index contributed by atoms with van der Waals surface area (Å²) < 4.78 is 9.39. The Labute approximate surface area is 212 Å². The molecule has 0 radical (unpaired) electrons. The molecule has 0 aliphatic rings. The minimum Gasteiger partial charge on any atom is -0.495 e. The number of benzene rings is 3. The summed E-state index contributed by atoms with van der Waals surface area (Å²) in [5, 5.41) is 2.74. The molecule has 186 valence electrons. The van der Waals surface area contributed by atoms with E-state index in [4.69, 9.17) is 4.74 Å². The fourth-order valence-corrected chi connectivity index (χ4v) is 4.27. The van der Waals surface area contributed by atoms with Crippen LogP contribution in [0.25, 0.3) is 11.2 Å². The summed E-state index contributed by atoms with van der Waals surface area (Å²) in [5.41, 5.74) is 1.63. The first-order valence-corrected chi connectivity index (χ1v) is 11.7. The van der Waals surface area contributed by atoms with Crippen molar-refractivity contribution in [3.63, 3.8) is 0 Å². The molecule has 1 amide bonds. The Morgan fingerprint density at radius 3 is 2.14 bits per heavy atom. The molecule has 9 heteroatoms. The van der Waals surface area contributed by atoms with Crippen LogP contribution in [0, 0.1) is 0 Å². The average molecular weight is 496 g/mol. The largest absolute Gasteiger partial charge is 0.495 e. The lowest BCUT2D eigenvalue weighted by atomic mass is 10.2. The number of carbonyl (C=O) groups excluding carboxylic acids is 1. The number of nitrogens with one attached hydrogen (secondary N) is 1. The predicted octanol–water partition coefficient (Wildman–Crippen LogP) is 3.10. The maximum Gasteiger partial charge on any atom is 0.333 e. The van der Waals surface area contributed by atoms with Gasteiger partial charge in [-0.1, -0.05) is 72.8 Å². The second-order valence-corrected chi connectivity index (χ2v) is 8.52. The van der Waals surface area contributed by atoms with Crippen LogP contribution in [0.5, 0.6) is 5.75 Å². The molecule has 0 atom stereocenters. The Kier molecular flexibility index (Phi) is 6.67. The third-order valence-electron chi connectivity index (χ3n) is 6.05. The number of hydrogen-bond acceptors (Lipinski definition) is 5. The van der Waals surface area contributed by atoms with E-state index >= 15 is 0 Å². The van der Waals surface area contributed by atoms with Gasteiger partial charge in [-0.05, 0) is 23.3 Å². The highest BCUT2D eigenvalue weighted by molar-refractivity contribution is 5.92. The van der Waals surface area contributed by atoms with Crippen LogP contribution in [0.1, 0.15) is 11.1 Å². The Bertz CT molecular complexity index is 1670. The van der Waals surface area contributed by atoms with Gasteiger partial charge < -0.3 is 14.6 Å². The molecule has 2 aromatic heterocycles. The molecule has 3 aromatic carbocycles. The van der Waals surface area contributed by atoms with Gasteiger partial charge in [-0.3, -0.25) is 14.2 Å². The molecule has 9 nitrogen and oxygen atoms in total. The lowest BCUT2D eigenvalue weighted by Crippen LogP contribution is -2.43. The number of para-hydroxylation sites is 2. The van der Waals surface area contributed by atoms with Crippen molar-refractivity contribution in [3.8, 4) is 5.75 Å². The van der Waals surface area contributed by atoms with Crippen molar-refractivity contribution in [2.24, 2.45) is 0 Å². The zero-order valence-corrected chi connectivity index (χ0v) is 20.2. The summed E-state index contributed by atoms with van der Waals surface area (Å²) in [6.45, 7) is 0.132. The third-order valence-corrected chi connectivity index (χ3v) is 6.05. The summed E-state index contributed by atoms with van der Waals surface area (Å²) in [5.74, 6) is -0.0514. The van der Waals surface area contributed by atoms with Gasteiger partial charge in [-0.25, -0.2) is 14.3 Å². The van der Waals surface area contributed by atoms with Crippen molar-refractivity contribution in [1.29, 1.82) is 0 Å². The first kappa shape index (κ1) is 23.8. The molecule has 0 bridgehead atoms. The van der Waals surface area contributed by atoms with Crippen LogP contribution in [-0.4, -0.2) is 31.7 Å². The van der Waals surface area contributed by atoms with E-state index in [1.165, 1.54) is 11.7 Å². The highest BCUT2D eigenvalue weighted by Gasteiger charge is 2.20. The molecule has 0 saturated heterocycles. The molecule has 1 N–H and O–H groups in total. The molecular weight excluding hydrogens is 470 g/mol. The molecule has 37 heavy (non-hydrogen) atoms. The zero-order chi connectivity index (χ0) is 25.8. The summed E-state index contributed by atoms with van der Waals surface area (Å²) in [4.78, 5) is 44.6. The topological polar surface area (TPSA) is 100 Å². The first-order valence-electron chi connectivity index (χ1n) is 11.7. The number of hydrogen-bond donors (Lipinski definition) is 1. The van der Waals surface area contributed by atoms with E-state index in [1.807, 2.05) is 60.7 Å². The van der Waals surface area contributed by atoms with Crippen molar-refractivity contribution in [3.05, 3.63) is 123 Å². The molecule has 0 aliphatic carbocycles. The Hall–Kier alpha value is -4.92. The molecule has 5 aromatic rings. The minimum atomic E-state index is -0.610. The van der Waals surface area contributed by atoms with E-state index < -0.39 is 23.7 Å². The standard InChI is InChI=1S/C28H25N5O4/c1-37-23-15-9-8-14-22(23)30-24(34)18-33-27(35)25-26(29-19-31(25)16-20-10-4-2-5-11-20)32(28(33)36)17-21-12-6-3-7-13-21/h2-15,19H,16-18H2,1H3,(H,30,34). The number of rotatable bonds is 8. The number of imidazole rings is 1. The Balaban J connectivity index is 1.59. The van der Waals surface area contributed by atoms with Crippen LogP contribution in [0.2, 0.25) is 0 Å². The number of carbonyl (C=O) groups is 1. The van der Waals surface area contributed by atoms with Gasteiger partial charge in [0.25, 0.3) is 5.56 Å². The molecule has 0 spiro atoms. The van der Waals surface area contributed by atoms with E-state index in [-0.39, 0.29) is 17.7 Å². The number of amides is 1. The first-order chi connectivity index (χ1) is 18.0. The van der Waals surface area contributed by atoms with Crippen molar-refractivity contribution in [1.82, 2.24) is 18.7 Å². The third kappa shape index (κ3) is 4.92. The number of ether oxygens (including phenoxy) is 1. The monoisotopic (exact) mass is 495 g/mol. The van der Waals surface area contributed by atoms with Crippen molar-refractivity contribution in [2.45, 2.75) is 19.6 Å². The second kappa shape index (κ2) is 10.4. The van der Waals surface area contributed by atoms with Gasteiger partial charge in [0.05, 0.1) is 25.7 Å². The van der Waals surface area contributed by atoms with Crippen molar-refractivity contribution < 1.29 is 9.53 Å². The molecule has 0 unspecified atom stereocenters. The summed E-state index contributed by atoms with van der Waals surface area (Å²) >= 11 is 0. The molecule has 5 rings (SSSR count). The quantitative estimate of drug-likeness (QED) is 0.357. The number of methoxy groups -OCH3 is 1. The summed E-state index contributed by atoms with van der Waals surface area (Å²) in [6.07, 6.45) is 1.55. The van der Waals surface area contributed by atoms with Gasteiger partial charge in [-0.15, -0.1) is 0 Å². The number of fused-ring (bicyclic) bond motifs is 1. The van der Waals surface area contributed by atoms with E-state index in [9.17, 15) is 14.4 Å². The summed E-state index contributed by atoms with van der Waals surface area (Å²) in [7, 11) is 1.50. The maximum atomic E-state index is 13.6. The van der Waals surface area contributed by atoms with Gasteiger partial charge in [-0.2, -0.15) is 0 Å². The van der Waals surface area contributed by atoms with E-state index in [0.717, 1.165) is 15.7 Å². The van der Waals surface area contributed by atoms with E-state index in [0.29, 0.717) is 18.0 Å². The second-order valence-electron chi connectivity index (χ2n) is 8.52. The SMILES string of the molecule is COc1ccccc1NC(=O)Cn1c(=O)c2c(ncn2Cc2ccccc2)n(Cc2ccccc2)c1=O. The number of anilines is 1. The average Bonchev–Trinajstić information content (AvgIpc) is 3.34. The molecule has 0 aliphatic heterocycles. The van der Waals surface area contributed by atoms with Crippen LogP contribution >= 0.6 is 0 Å². The van der Waals surface area contributed by atoms with Crippen LogP contribution in [-0.2, 0) is 24.4 Å². The fourth-order valence-electron chi connectivity index (χ4n) is 4.27.